The predicted octanol–water partition coefficient (Wildman–Crippen LogP) is 4.74. The lowest BCUT2D eigenvalue weighted by Gasteiger charge is -2.26. The molecule has 3 heterocycles. The summed E-state index contributed by atoms with van der Waals surface area (Å²) in [5.41, 5.74) is 0.333. The van der Waals surface area contributed by atoms with E-state index in [1.165, 1.54) is 30.6 Å². The lowest BCUT2D eigenvalue weighted by atomic mass is 10.2. The third-order valence-electron chi connectivity index (χ3n) is 6.48. The van der Waals surface area contributed by atoms with E-state index in [4.69, 9.17) is 32.7 Å². The summed E-state index contributed by atoms with van der Waals surface area (Å²) < 4.78 is 41.1. The number of nitrogens with zero attached hydrogens (tertiary/aromatic N) is 5. The van der Waals surface area contributed by atoms with Crippen molar-refractivity contribution in [1.29, 1.82) is 0 Å². The lowest BCUT2D eigenvalue weighted by molar-refractivity contribution is -0.152. The molecule has 1 amide bonds. The van der Waals surface area contributed by atoms with Crippen LogP contribution in [0.2, 0.25) is 10.0 Å². The zero-order valence-corrected chi connectivity index (χ0v) is 26.0. The van der Waals surface area contributed by atoms with Crippen LogP contribution in [0.15, 0.2) is 66.0 Å². The monoisotopic (exact) mass is 645 g/mol. The van der Waals surface area contributed by atoms with Gasteiger partial charge in [0.2, 0.25) is 0 Å². The van der Waals surface area contributed by atoms with Crippen molar-refractivity contribution in [1.82, 2.24) is 19.4 Å². The van der Waals surface area contributed by atoms with Gasteiger partial charge in [-0.25, -0.2) is 18.4 Å². The maximum absolute atomic E-state index is 13.8. The van der Waals surface area contributed by atoms with Crippen LogP contribution >= 0.6 is 23.2 Å². The van der Waals surface area contributed by atoms with Crippen molar-refractivity contribution in [2.45, 2.75) is 31.3 Å². The number of hydrogen-bond donors (Lipinski definition) is 0. The van der Waals surface area contributed by atoms with Crippen molar-refractivity contribution < 1.29 is 27.5 Å². The Morgan fingerprint density at radius 2 is 1.70 bits per heavy atom. The Labute approximate surface area is 259 Å². The molecule has 43 heavy (non-hydrogen) atoms. The molecule has 1 aliphatic heterocycles. The summed E-state index contributed by atoms with van der Waals surface area (Å²) >= 11 is 12.2. The van der Waals surface area contributed by atoms with E-state index in [1.807, 2.05) is 0 Å². The molecule has 2 aromatic carbocycles. The average Bonchev–Trinajstić information content (AvgIpc) is 3.38. The van der Waals surface area contributed by atoms with Gasteiger partial charge in [-0.05, 0) is 63.2 Å². The largest absolute Gasteiger partial charge is 0.459 e. The van der Waals surface area contributed by atoms with Gasteiger partial charge in [-0.3, -0.25) is 18.5 Å². The maximum atomic E-state index is 13.8. The van der Waals surface area contributed by atoms with E-state index < -0.39 is 28.1 Å². The van der Waals surface area contributed by atoms with Crippen molar-refractivity contribution in [2.24, 2.45) is 0 Å². The molecule has 0 atom stereocenters. The van der Waals surface area contributed by atoms with Gasteiger partial charge in [0, 0.05) is 34.7 Å². The molecular weight excluding hydrogens is 617 g/mol. The number of benzene rings is 2. The minimum atomic E-state index is -4.30. The van der Waals surface area contributed by atoms with E-state index in [9.17, 15) is 18.0 Å². The average molecular weight is 647 g/mol. The Bertz CT molecular complexity index is 1760. The van der Waals surface area contributed by atoms with E-state index >= 15 is 0 Å². The number of anilines is 1. The van der Waals surface area contributed by atoms with Crippen LogP contribution in [0.3, 0.4) is 0 Å². The lowest BCUT2D eigenvalue weighted by Crippen LogP contribution is -2.41. The van der Waals surface area contributed by atoms with Gasteiger partial charge in [0.25, 0.3) is 15.9 Å². The molecule has 1 fully saturated rings. The van der Waals surface area contributed by atoms with Gasteiger partial charge in [-0.1, -0.05) is 23.2 Å². The zero-order chi connectivity index (χ0) is 30.9. The first-order valence-corrected chi connectivity index (χ1v) is 15.5. The van der Waals surface area contributed by atoms with Crippen LogP contribution in [-0.4, -0.2) is 78.2 Å². The fraction of sp³-hybridized carbons (Fsp3) is 0.310. The Morgan fingerprint density at radius 1 is 1.00 bits per heavy atom. The molecule has 0 spiro atoms. The molecule has 0 N–H and O–H groups in total. The second kappa shape index (κ2) is 12.1. The highest BCUT2D eigenvalue weighted by molar-refractivity contribution is 7.92. The number of hydrogen-bond acceptors (Lipinski definition) is 8. The summed E-state index contributed by atoms with van der Waals surface area (Å²) in [5.74, 6) is -0.478. The SMILES string of the molecule is CC(C)(C)OC(=O)CN(c1ccc2c(ccn2-c2cnc(C(=O)N3CCOCC3)cn2)c1)S(=O)(=O)c1cc(Cl)cc(Cl)c1. The highest BCUT2D eigenvalue weighted by Crippen LogP contribution is 2.31. The quantitative estimate of drug-likeness (QED) is 0.264. The summed E-state index contributed by atoms with van der Waals surface area (Å²) in [6.45, 7) is 6.47. The molecular formula is C29H29Cl2N5O6S. The van der Waals surface area contributed by atoms with Crippen molar-refractivity contribution in [3.63, 3.8) is 0 Å². The van der Waals surface area contributed by atoms with Gasteiger partial charge < -0.3 is 14.4 Å². The minimum absolute atomic E-state index is 0.134. The second-order valence-electron chi connectivity index (χ2n) is 10.8. The maximum Gasteiger partial charge on any atom is 0.327 e. The molecule has 0 radical (unpaired) electrons. The van der Waals surface area contributed by atoms with Gasteiger partial charge >= 0.3 is 5.97 Å². The fourth-order valence-corrected chi connectivity index (χ4v) is 6.71. The van der Waals surface area contributed by atoms with Gasteiger partial charge in [-0.15, -0.1) is 0 Å². The minimum Gasteiger partial charge on any atom is -0.459 e. The van der Waals surface area contributed by atoms with Gasteiger partial charge in [0.05, 0.1) is 41.7 Å². The first-order chi connectivity index (χ1) is 20.3. The van der Waals surface area contributed by atoms with Crippen LogP contribution < -0.4 is 4.31 Å². The number of fused-ring (bicyclic) bond motifs is 1. The third kappa shape index (κ3) is 6.93. The molecule has 0 unspecified atom stereocenters. The molecule has 226 valence electrons. The smallest absolute Gasteiger partial charge is 0.327 e. The molecule has 0 saturated carbocycles. The van der Waals surface area contributed by atoms with Crippen molar-refractivity contribution >= 4 is 61.7 Å². The van der Waals surface area contributed by atoms with E-state index in [1.54, 1.807) is 60.7 Å². The van der Waals surface area contributed by atoms with Crippen molar-refractivity contribution in [3.8, 4) is 5.82 Å². The summed E-state index contributed by atoms with van der Waals surface area (Å²) in [4.78, 5) is 35.9. The number of amides is 1. The molecule has 1 saturated heterocycles. The Morgan fingerprint density at radius 3 is 2.33 bits per heavy atom. The number of carbonyl (C=O) groups is 2. The van der Waals surface area contributed by atoms with Gasteiger partial charge in [0.1, 0.15) is 17.8 Å². The van der Waals surface area contributed by atoms with Crippen LogP contribution in [-0.2, 0) is 24.3 Å². The first kappa shape index (κ1) is 30.7. The highest BCUT2D eigenvalue weighted by Gasteiger charge is 2.30. The van der Waals surface area contributed by atoms with Crippen LogP contribution in [0.1, 0.15) is 31.3 Å². The topological polar surface area (TPSA) is 124 Å². The summed E-state index contributed by atoms with van der Waals surface area (Å²) in [7, 11) is -4.30. The van der Waals surface area contributed by atoms with E-state index in [2.05, 4.69) is 9.97 Å². The third-order valence-corrected chi connectivity index (χ3v) is 8.67. The summed E-state index contributed by atoms with van der Waals surface area (Å²) in [6, 6.07) is 10.7. The molecule has 14 heteroatoms. The highest BCUT2D eigenvalue weighted by atomic mass is 35.5. The Balaban J connectivity index is 1.48. The molecule has 0 bridgehead atoms. The van der Waals surface area contributed by atoms with Crippen LogP contribution in [0, 0.1) is 0 Å². The molecule has 0 aliphatic carbocycles. The van der Waals surface area contributed by atoms with E-state index in [-0.39, 0.29) is 32.2 Å². The molecule has 2 aromatic heterocycles. The van der Waals surface area contributed by atoms with Crippen LogP contribution in [0.25, 0.3) is 16.7 Å². The number of carbonyl (C=O) groups excluding carboxylic acids is 2. The number of halogens is 2. The predicted molar refractivity (Wildman–Crippen MR) is 162 cm³/mol. The van der Waals surface area contributed by atoms with E-state index in [0.29, 0.717) is 43.0 Å². The van der Waals surface area contributed by atoms with E-state index in [0.717, 1.165) is 4.31 Å². The molecule has 11 nitrogen and oxygen atoms in total. The van der Waals surface area contributed by atoms with Crippen LogP contribution in [0.5, 0.6) is 0 Å². The standard InChI is InChI=1S/C29H29Cl2N5O6S/c1-29(2,3)42-27(37)18-36(43(39,40)23-14-20(30)13-21(31)15-23)22-4-5-25-19(12-22)6-7-35(25)26-17-32-24(16-33-26)28(38)34-8-10-41-11-9-34/h4-7,12-17H,8-11,18H2,1-3H3. The number of rotatable bonds is 7. The van der Waals surface area contributed by atoms with Crippen LogP contribution in [0.4, 0.5) is 5.69 Å². The normalized spacial score (nSPS) is 14.1. The van der Waals surface area contributed by atoms with Gasteiger partial charge in [-0.2, -0.15) is 0 Å². The molecule has 1 aliphatic rings. The number of ether oxygens (including phenoxy) is 2. The number of esters is 1. The summed E-state index contributed by atoms with van der Waals surface area (Å²) in [5, 5.41) is 0.936. The second-order valence-corrected chi connectivity index (χ2v) is 13.5. The number of morpholine rings is 1. The van der Waals surface area contributed by atoms with Gasteiger partial charge in [0.15, 0.2) is 5.82 Å². The first-order valence-electron chi connectivity index (χ1n) is 13.3. The summed E-state index contributed by atoms with van der Waals surface area (Å²) in [6.07, 6.45) is 4.69. The molecule has 4 aromatic rings. The molecule has 5 rings (SSSR count). The number of sulfonamides is 1. The Hall–Kier alpha value is -3.71. The Kier molecular flexibility index (Phi) is 8.66. The fourth-order valence-electron chi connectivity index (χ4n) is 4.58. The number of aromatic nitrogens is 3. The zero-order valence-electron chi connectivity index (χ0n) is 23.7. The van der Waals surface area contributed by atoms with Crippen molar-refractivity contribution in [2.75, 3.05) is 37.2 Å². The van der Waals surface area contributed by atoms with Crippen molar-refractivity contribution in [3.05, 3.63) is 76.8 Å².